The highest BCUT2D eigenvalue weighted by Crippen LogP contribution is 2.15. The predicted octanol–water partition coefficient (Wildman–Crippen LogP) is 2.15. The van der Waals surface area contributed by atoms with Gasteiger partial charge in [0.2, 0.25) is 11.7 Å². The maximum atomic E-state index is 11.3. The van der Waals surface area contributed by atoms with Crippen molar-refractivity contribution >= 4 is 5.97 Å². The van der Waals surface area contributed by atoms with Gasteiger partial charge in [-0.25, -0.2) is 9.78 Å². The van der Waals surface area contributed by atoms with Crippen molar-refractivity contribution in [3.05, 3.63) is 53.5 Å². The molecule has 0 unspecified atom stereocenters. The van der Waals surface area contributed by atoms with Crippen molar-refractivity contribution in [2.45, 2.75) is 13.5 Å². The molecule has 0 spiro atoms. The third kappa shape index (κ3) is 3.28. The van der Waals surface area contributed by atoms with Gasteiger partial charge < -0.3 is 9.47 Å². The molecule has 5 heteroatoms. The number of carbonyl (C=O) groups is 1. The van der Waals surface area contributed by atoms with Crippen LogP contribution in [0.1, 0.15) is 21.7 Å². The van der Waals surface area contributed by atoms with E-state index in [1.807, 2.05) is 37.3 Å². The monoisotopic (exact) mass is 258 g/mol. The fourth-order valence-corrected chi connectivity index (χ4v) is 1.49. The molecule has 0 fully saturated rings. The number of hydrogen-bond acceptors (Lipinski definition) is 5. The first-order valence-corrected chi connectivity index (χ1v) is 5.79. The standard InChI is InChI=1S/C14H14N2O3/c1-10-8-15-12(14(17)18-2)16-13(10)19-9-11-6-4-3-5-7-11/h3-8H,9H2,1-2H3. The van der Waals surface area contributed by atoms with Gasteiger partial charge in [0.15, 0.2) is 0 Å². The minimum absolute atomic E-state index is 0.00355. The molecular weight excluding hydrogens is 244 g/mol. The smallest absolute Gasteiger partial charge is 0.376 e. The third-order valence-corrected chi connectivity index (χ3v) is 2.51. The predicted molar refractivity (Wildman–Crippen MR) is 68.9 cm³/mol. The highest BCUT2D eigenvalue weighted by molar-refractivity contribution is 5.85. The van der Waals surface area contributed by atoms with Crippen LogP contribution in [0.3, 0.4) is 0 Å². The second-order valence-corrected chi connectivity index (χ2v) is 3.95. The van der Waals surface area contributed by atoms with Gasteiger partial charge in [0, 0.05) is 11.8 Å². The maximum Gasteiger partial charge on any atom is 0.376 e. The van der Waals surface area contributed by atoms with E-state index in [0.717, 1.165) is 11.1 Å². The molecule has 0 amide bonds. The third-order valence-electron chi connectivity index (χ3n) is 2.51. The molecule has 5 nitrogen and oxygen atoms in total. The van der Waals surface area contributed by atoms with Gasteiger partial charge in [-0.15, -0.1) is 0 Å². The number of aromatic nitrogens is 2. The van der Waals surface area contributed by atoms with E-state index in [1.165, 1.54) is 7.11 Å². The van der Waals surface area contributed by atoms with Crippen LogP contribution in [0.5, 0.6) is 5.88 Å². The number of ether oxygens (including phenoxy) is 2. The topological polar surface area (TPSA) is 61.3 Å². The first-order chi connectivity index (χ1) is 9.20. The molecule has 1 aromatic heterocycles. The van der Waals surface area contributed by atoms with E-state index in [9.17, 15) is 4.79 Å². The summed E-state index contributed by atoms with van der Waals surface area (Å²) in [6, 6.07) is 9.72. The van der Waals surface area contributed by atoms with Crippen molar-refractivity contribution in [3.63, 3.8) is 0 Å². The summed E-state index contributed by atoms with van der Waals surface area (Å²) in [5, 5.41) is 0. The van der Waals surface area contributed by atoms with Gasteiger partial charge in [0.1, 0.15) is 6.61 Å². The molecule has 0 saturated heterocycles. The van der Waals surface area contributed by atoms with Gasteiger partial charge in [-0.1, -0.05) is 30.3 Å². The van der Waals surface area contributed by atoms with E-state index in [0.29, 0.717) is 12.5 Å². The summed E-state index contributed by atoms with van der Waals surface area (Å²) >= 11 is 0. The average Bonchev–Trinajstić information content (AvgIpc) is 2.46. The zero-order valence-electron chi connectivity index (χ0n) is 10.8. The molecule has 0 aliphatic carbocycles. The average molecular weight is 258 g/mol. The quantitative estimate of drug-likeness (QED) is 0.786. The number of methoxy groups -OCH3 is 1. The molecule has 1 heterocycles. The lowest BCUT2D eigenvalue weighted by atomic mass is 10.2. The molecule has 98 valence electrons. The minimum atomic E-state index is -0.579. The van der Waals surface area contributed by atoms with Crippen LogP contribution in [-0.2, 0) is 11.3 Å². The molecule has 0 radical (unpaired) electrons. The van der Waals surface area contributed by atoms with E-state index in [1.54, 1.807) is 6.20 Å². The summed E-state index contributed by atoms with van der Waals surface area (Å²) < 4.78 is 10.2. The van der Waals surface area contributed by atoms with Crippen LogP contribution in [0.2, 0.25) is 0 Å². The van der Waals surface area contributed by atoms with E-state index < -0.39 is 5.97 Å². The van der Waals surface area contributed by atoms with E-state index >= 15 is 0 Å². The maximum absolute atomic E-state index is 11.3. The van der Waals surface area contributed by atoms with Crippen LogP contribution in [0.25, 0.3) is 0 Å². The largest absolute Gasteiger partial charge is 0.473 e. The minimum Gasteiger partial charge on any atom is -0.473 e. The van der Waals surface area contributed by atoms with Crippen LogP contribution in [0.4, 0.5) is 0 Å². The highest BCUT2D eigenvalue weighted by atomic mass is 16.5. The zero-order valence-corrected chi connectivity index (χ0v) is 10.8. The Morgan fingerprint density at radius 1 is 1.26 bits per heavy atom. The van der Waals surface area contributed by atoms with E-state index in [4.69, 9.17) is 4.74 Å². The van der Waals surface area contributed by atoms with Crippen LogP contribution in [0, 0.1) is 6.92 Å². The summed E-state index contributed by atoms with van der Waals surface area (Å²) in [6.07, 6.45) is 1.54. The van der Waals surface area contributed by atoms with Gasteiger partial charge >= 0.3 is 5.97 Å². The fourth-order valence-electron chi connectivity index (χ4n) is 1.49. The van der Waals surface area contributed by atoms with Crippen LogP contribution >= 0.6 is 0 Å². The lowest BCUT2D eigenvalue weighted by molar-refractivity contribution is 0.0585. The first-order valence-electron chi connectivity index (χ1n) is 5.79. The number of nitrogens with zero attached hydrogens (tertiary/aromatic N) is 2. The molecule has 0 atom stereocenters. The molecule has 0 aliphatic rings. The molecule has 0 aliphatic heterocycles. The van der Waals surface area contributed by atoms with Gasteiger partial charge in [-0.2, -0.15) is 4.98 Å². The molecule has 0 N–H and O–H groups in total. The Morgan fingerprint density at radius 2 is 2.00 bits per heavy atom. The number of rotatable bonds is 4. The Morgan fingerprint density at radius 3 is 2.68 bits per heavy atom. The van der Waals surface area contributed by atoms with Gasteiger partial charge in [-0.3, -0.25) is 0 Å². The second kappa shape index (κ2) is 5.95. The molecule has 19 heavy (non-hydrogen) atoms. The Bertz CT molecular complexity index is 570. The summed E-state index contributed by atoms with van der Waals surface area (Å²) in [7, 11) is 1.29. The fraction of sp³-hybridized carbons (Fsp3) is 0.214. The SMILES string of the molecule is COC(=O)c1ncc(C)c(OCc2ccccc2)n1. The van der Waals surface area contributed by atoms with Crippen molar-refractivity contribution in [2.24, 2.45) is 0 Å². The molecule has 2 rings (SSSR count). The van der Waals surface area contributed by atoms with Crippen LogP contribution < -0.4 is 4.74 Å². The Labute approximate surface area is 111 Å². The molecular formula is C14H14N2O3. The highest BCUT2D eigenvalue weighted by Gasteiger charge is 2.12. The Hall–Kier alpha value is -2.43. The van der Waals surface area contributed by atoms with Gasteiger partial charge in [0.05, 0.1) is 7.11 Å². The number of esters is 1. The lowest BCUT2D eigenvalue weighted by Crippen LogP contribution is -2.09. The molecule has 1 aromatic carbocycles. The summed E-state index contributed by atoms with van der Waals surface area (Å²) in [5.74, 6) is -0.194. The summed E-state index contributed by atoms with van der Waals surface area (Å²) in [4.78, 5) is 19.3. The zero-order chi connectivity index (χ0) is 13.7. The Kier molecular flexibility index (Phi) is 4.07. The molecule has 0 saturated carbocycles. The number of aryl methyl sites for hydroxylation is 1. The summed E-state index contributed by atoms with van der Waals surface area (Å²) in [5.41, 5.74) is 1.80. The lowest BCUT2D eigenvalue weighted by Gasteiger charge is -2.08. The van der Waals surface area contributed by atoms with Crippen molar-refractivity contribution in [2.75, 3.05) is 7.11 Å². The van der Waals surface area contributed by atoms with Crippen molar-refractivity contribution in [1.82, 2.24) is 9.97 Å². The van der Waals surface area contributed by atoms with Gasteiger partial charge in [0.25, 0.3) is 0 Å². The van der Waals surface area contributed by atoms with Gasteiger partial charge in [-0.05, 0) is 12.5 Å². The first kappa shape index (κ1) is 13.0. The number of benzene rings is 1. The van der Waals surface area contributed by atoms with E-state index in [-0.39, 0.29) is 5.82 Å². The van der Waals surface area contributed by atoms with Crippen LogP contribution in [0.15, 0.2) is 36.5 Å². The summed E-state index contributed by atoms with van der Waals surface area (Å²) in [6.45, 7) is 2.21. The van der Waals surface area contributed by atoms with Crippen LogP contribution in [-0.4, -0.2) is 23.0 Å². The number of carbonyl (C=O) groups excluding carboxylic acids is 1. The van der Waals surface area contributed by atoms with Crippen molar-refractivity contribution < 1.29 is 14.3 Å². The molecule has 2 aromatic rings. The van der Waals surface area contributed by atoms with Crippen molar-refractivity contribution in [3.8, 4) is 5.88 Å². The van der Waals surface area contributed by atoms with Crippen molar-refractivity contribution in [1.29, 1.82) is 0 Å². The normalized spacial score (nSPS) is 10.0. The molecule has 0 bridgehead atoms. The second-order valence-electron chi connectivity index (χ2n) is 3.95. The number of hydrogen-bond donors (Lipinski definition) is 0. The Balaban J connectivity index is 2.13. The van der Waals surface area contributed by atoms with E-state index in [2.05, 4.69) is 14.7 Å².